The molecule has 0 radical (unpaired) electrons. The van der Waals surface area contributed by atoms with Gasteiger partial charge in [-0.25, -0.2) is 0 Å². The lowest BCUT2D eigenvalue weighted by Gasteiger charge is -2.20. The van der Waals surface area contributed by atoms with Crippen LogP contribution in [0.3, 0.4) is 0 Å². The Kier molecular flexibility index (Phi) is 2.65. The summed E-state index contributed by atoms with van der Waals surface area (Å²) < 4.78 is 0. The second-order valence-electron chi connectivity index (χ2n) is 5.62. The number of amides is 1. The van der Waals surface area contributed by atoms with Gasteiger partial charge in [-0.3, -0.25) is 9.89 Å². The zero-order valence-electron chi connectivity index (χ0n) is 10.2. The molecule has 92 valence electrons. The fraction of sp³-hybridized carbons (Fsp3) is 0.692. The van der Waals surface area contributed by atoms with Crippen molar-refractivity contribution in [1.82, 2.24) is 10.2 Å². The monoisotopic (exact) mass is 233 g/mol. The van der Waals surface area contributed by atoms with Gasteiger partial charge >= 0.3 is 0 Å². The third kappa shape index (κ3) is 2.08. The average molecular weight is 233 g/mol. The summed E-state index contributed by atoms with van der Waals surface area (Å²) in [4.78, 5) is 11.9. The van der Waals surface area contributed by atoms with Gasteiger partial charge in [0.15, 0.2) is 0 Å². The summed E-state index contributed by atoms with van der Waals surface area (Å²) in [6, 6.07) is 0. The number of aromatic nitrogens is 2. The summed E-state index contributed by atoms with van der Waals surface area (Å²) in [7, 11) is 0. The Hall–Kier alpha value is -1.32. The second kappa shape index (κ2) is 4.17. The largest absolute Gasteiger partial charge is 0.311 e. The van der Waals surface area contributed by atoms with Crippen LogP contribution in [0.25, 0.3) is 0 Å². The van der Waals surface area contributed by atoms with E-state index in [4.69, 9.17) is 0 Å². The van der Waals surface area contributed by atoms with Crippen LogP contribution >= 0.6 is 0 Å². The van der Waals surface area contributed by atoms with Gasteiger partial charge in [0.05, 0.1) is 6.20 Å². The van der Waals surface area contributed by atoms with E-state index in [1.165, 1.54) is 25.7 Å². The van der Waals surface area contributed by atoms with Gasteiger partial charge in [-0.05, 0) is 43.9 Å². The highest BCUT2D eigenvalue weighted by Gasteiger charge is 2.40. The number of nitrogens with one attached hydrogen (secondary N) is 2. The number of anilines is 1. The first-order chi connectivity index (χ1) is 8.22. The molecule has 4 nitrogen and oxygen atoms in total. The van der Waals surface area contributed by atoms with Gasteiger partial charge in [0.2, 0.25) is 5.91 Å². The number of fused-ring (bicyclic) bond motifs is 2. The molecular formula is C13H19N3O. The van der Waals surface area contributed by atoms with Crippen molar-refractivity contribution in [2.24, 2.45) is 17.8 Å². The van der Waals surface area contributed by atoms with E-state index in [9.17, 15) is 4.79 Å². The number of carbonyl (C=O) groups is 1. The molecule has 0 unspecified atom stereocenters. The molecule has 2 aliphatic rings. The standard InChI is InChI=1S/C13H19N3O/c1-8-7-14-16-13(8)15-12(17)6-11-5-9-2-3-10(11)4-9/h7,9-11H,2-6H2,1H3,(H2,14,15,16,17)/t9-,10-,11-/m0/s1. The Morgan fingerprint density at radius 3 is 3.00 bits per heavy atom. The summed E-state index contributed by atoms with van der Waals surface area (Å²) in [6.45, 7) is 1.94. The minimum Gasteiger partial charge on any atom is -0.311 e. The van der Waals surface area contributed by atoms with E-state index in [2.05, 4.69) is 15.5 Å². The van der Waals surface area contributed by atoms with Gasteiger partial charge in [0.25, 0.3) is 0 Å². The number of aromatic amines is 1. The molecular weight excluding hydrogens is 214 g/mol. The predicted molar refractivity (Wildman–Crippen MR) is 65.5 cm³/mol. The molecule has 1 heterocycles. The van der Waals surface area contributed by atoms with Crippen molar-refractivity contribution in [3.8, 4) is 0 Å². The first kappa shape index (κ1) is 10.8. The molecule has 2 N–H and O–H groups in total. The van der Waals surface area contributed by atoms with Crippen LogP contribution in [0.2, 0.25) is 0 Å². The number of carbonyl (C=O) groups excluding carboxylic acids is 1. The van der Waals surface area contributed by atoms with E-state index < -0.39 is 0 Å². The van der Waals surface area contributed by atoms with Crippen LogP contribution in [-0.4, -0.2) is 16.1 Å². The van der Waals surface area contributed by atoms with Crippen molar-refractivity contribution >= 4 is 11.7 Å². The lowest BCUT2D eigenvalue weighted by atomic mass is 9.86. The van der Waals surface area contributed by atoms with Gasteiger partial charge in [-0.2, -0.15) is 5.10 Å². The lowest BCUT2D eigenvalue weighted by Crippen LogP contribution is -2.20. The molecule has 0 saturated heterocycles. The Labute approximate surface area is 101 Å². The van der Waals surface area contributed by atoms with Crippen LogP contribution in [0, 0.1) is 24.7 Å². The number of rotatable bonds is 3. The maximum absolute atomic E-state index is 11.9. The Bertz CT molecular complexity index is 426. The first-order valence-corrected chi connectivity index (χ1v) is 6.52. The van der Waals surface area contributed by atoms with Gasteiger partial charge in [-0.1, -0.05) is 6.42 Å². The summed E-state index contributed by atoms with van der Waals surface area (Å²) in [5.74, 6) is 3.23. The highest BCUT2D eigenvalue weighted by molar-refractivity contribution is 5.90. The third-order valence-electron chi connectivity index (χ3n) is 4.43. The minimum absolute atomic E-state index is 0.134. The predicted octanol–water partition coefficient (Wildman–Crippen LogP) is 2.48. The molecule has 2 aliphatic carbocycles. The topological polar surface area (TPSA) is 57.8 Å². The summed E-state index contributed by atoms with van der Waals surface area (Å²) in [6.07, 6.45) is 7.77. The zero-order chi connectivity index (χ0) is 11.8. The van der Waals surface area contributed by atoms with Crippen molar-refractivity contribution in [3.63, 3.8) is 0 Å². The molecule has 0 aromatic carbocycles. The third-order valence-corrected chi connectivity index (χ3v) is 4.43. The average Bonchev–Trinajstić information content (AvgIpc) is 2.96. The van der Waals surface area contributed by atoms with E-state index in [0.717, 1.165) is 23.2 Å². The molecule has 3 rings (SSSR count). The highest BCUT2D eigenvalue weighted by Crippen LogP contribution is 2.49. The first-order valence-electron chi connectivity index (χ1n) is 6.52. The van der Waals surface area contributed by atoms with E-state index in [1.807, 2.05) is 6.92 Å². The van der Waals surface area contributed by atoms with Gasteiger partial charge in [-0.15, -0.1) is 0 Å². The molecule has 0 aliphatic heterocycles. The van der Waals surface area contributed by atoms with E-state index in [-0.39, 0.29) is 5.91 Å². The molecule has 17 heavy (non-hydrogen) atoms. The molecule has 1 aromatic heterocycles. The van der Waals surface area contributed by atoms with Crippen LogP contribution in [0.15, 0.2) is 6.20 Å². The molecule has 2 saturated carbocycles. The van der Waals surface area contributed by atoms with Crippen LogP contribution < -0.4 is 5.32 Å². The number of H-pyrrole nitrogens is 1. The molecule has 3 atom stereocenters. The Morgan fingerprint density at radius 1 is 1.53 bits per heavy atom. The van der Waals surface area contributed by atoms with Crippen molar-refractivity contribution in [1.29, 1.82) is 0 Å². The minimum atomic E-state index is 0.134. The number of hydrogen-bond donors (Lipinski definition) is 2. The SMILES string of the molecule is Cc1cn[nH]c1NC(=O)C[C@@H]1C[C@H]2CC[C@H]1C2. The normalized spacial score (nSPS) is 30.8. The maximum atomic E-state index is 11.9. The molecule has 0 spiro atoms. The summed E-state index contributed by atoms with van der Waals surface area (Å²) >= 11 is 0. The maximum Gasteiger partial charge on any atom is 0.225 e. The van der Waals surface area contributed by atoms with Crippen molar-refractivity contribution < 1.29 is 4.79 Å². The van der Waals surface area contributed by atoms with E-state index in [1.54, 1.807) is 6.20 Å². The van der Waals surface area contributed by atoms with Crippen LogP contribution in [0.5, 0.6) is 0 Å². The lowest BCUT2D eigenvalue weighted by molar-refractivity contribution is -0.117. The molecule has 1 aromatic rings. The van der Waals surface area contributed by atoms with Crippen LogP contribution in [0.1, 0.15) is 37.7 Å². The van der Waals surface area contributed by atoms with Crippen LogP contribution in [0.4, 0.5) is 5.82 Å². The number of nitrogens with zero attached hydrogens (tertiary/aromatic N) is 1. The van der Waals surface area contributed by atoms with Crippen molar-refractivity contribution in [2.45, 2.75) is 39.0 Å². The fourth-order valence-electron chi connectivity index (χ4n) is 3.53. The smallest absolute Gasteiger partial charge is 0.225 e. The summed E-state index contributed by atoms with van der Waals surface area (Å²) in [5, 5.41) is 9.64. The summed E-state index contributed by atoms with van der Waals surface area (Å²) in [5.41, 5.74) is 0.992. The Morgan fingerprint density at radius 2 is 2.41 bits per heavy atom. The van der Waals surface area contributed by atoms with Crippen molar-refractivity contribution in [3.05, 3.63) is 11.8 Å². The van der Waals surface area contributed by atoms with Gasteiger partial charge in [0.1, 0.15) is 5.82 Å². The Balaban J connectivity index is 1.56. The van der Waals surface area contributed by atoms with E-state index in [0.29, 0.717) is 12.3 Å². The molecule has 1 amide bonds. The molecule has 2 fully saturated rings. The zero-order valence-corrected chi connectivity index (χ0v) is 10.2. The second-order valence-corrected chi connectivity index (χ2v) is 5.62. The van der Waals surface area contributed by atoms with Crippen molar-refractivity contribution in [2.75, 3.05) is 5.32 Å². The van der Waals surface area contributed by atoms with Crippen LogP contribution in [-0.2, 0) is 4.79 Å². The molecule has 2 bridgehead atoms. The van der Waals surface area contributed by atoms with E-state index >= 15 is 0 Å². The van der Waals surface area contributed by atoms with Gasteiger partial charge < -0.3 is 5.32 Å². The van der Waals surface area contributed by atoms with Gasteiger partial charge in [0, 0.05) is 12.0 Å². The number of hydrogen-bond acceptors (Lipinski definition) is 2. The quantitative estimate of drug-likeness (QED) is 0.842. The highest BCUT2D eigenvalue weighted by atomic mass is 16.1. The molecule has 4 heteroatoms. The number of aryl methyl sites for hydroxylation is 1. The fourth-order valence-corrected chi connectivity index (χ4v) is 3.53.